The molecule has 0 bridgehead atoms. The third kappa shape index (κ3) is 1.63. The Morgan fingerprint density at radius 1 is 1.36 bits per heavy atom. The molecular formula is C7H7BN4O2. The van der Waals surface area contributed by atoms with Gasteiger partial charge >= 0.3 is 7.12 Å². The zero-order valence-corrected chi connectivity index (χ0v) is 7.15. The number of rotatable bonds is 2. The first-order valence-electron chi connectivity index (χ1n) is 3.94. The van der Waals surface area contributed by atoms with Crippen molar-refractivity contribution in [2.75, 3.05) is 0 Å². The molecule has 0 aliphatic carbocycles. The van der Waals surface area contributed by atoms with Crippen molar-refractivity contribution < 1.29 is 10.0 Å². The summed E-state index contributed by atoms with van der Waals surface area (Å²) in [5.41, 5.74) is 0.323. The first-order chi connectivity index (χ1) is 6.77. The molecule has 0 unspecified atom stereocenters. The topological polar surface area (TPSA) is 84.1 Å². The zero-order chi connectivity index (χ0) is 9.97. The van der Waals surface area contributed by atoms with E-state index < -0.39 is 7.12 Å². The van der Waals surface area contributed by atoms with Gasteiger partial charge in [-0.1, -0.05) is 0 Å². The molecule has 0 aliphatic rings. The van der Waals surface area contributed by atoms with Crippen LogP contribution in [0.3, 0.4) is 0 Å². The van der Waals surface area contributed by atoms with E-state index in [0.717, 1.165) is 0 Å². The number of aromatic nitrogens is 4. The fourth-order valence-electron chi connectivity index (χ4n) is 1.01. The van der Waals surface area contributed by atoms with Crippen molar-refractivity contribution in [1.29, 1.82) is 0 Å². The summed E-state index contributed by atoms with van der Waals surface area (Å²) >= 11 is 0. The Morgan fingerprint density at radius 3 is 2.79 bits per heavy atom. The van der Waals surface area contributed by atoms with Crippen LogP contribution in [-0.4, -0.2) is 36.9 Å². The second-order valence-electron chi connectivity index (χ2n) is 2.66. The van der Waals surface area contributed by atoms with Gasteiger partial charge in [0.25, 0.3) is 0 Å². The Bertz CT molecular complexity index is 417. The van der Waals surface area contributed by atoms with E-state index in [2.05, 4.69) is 15.1 Å². The van der Waals surface area contributed by atoms with Gasteiger partial charge in [-0.05, 0) is 0 Å². The normalized spacial score (nSPS) is 10.1. The predicted octanol–water partition coefficient (Wildman–Crippen LogP) is -1.66. The Hall–Kier alpha value is -1.73. The maximum absolute atomic E-state index is 8.85. The molecule has 0 radical (unpaired) electrons. The van der Waals surface area contributed by atoms with Crippen molar-refractivity contribution in [2.45, 2.75) is 0 Å². The van der Waals surface area contributed by atoms with Crippen LogP contribution in [-0.2, 0) is 0 Å². The van der Waals surface area contributed by atoms with Crippen molar-refractivity contribution in [3.05, 3.63) is 31.0 Å². The van der Waals surface area contributed by atoms with E-state index >= 15 is 0 Å². The molecule has 14 heavy (non-hydrogen) atoms. The van der Waals surface area contributed by atoms with E-state index in [0.29, 0.717) is 11.3 Å². The molecule has 2 N–H and O–H groups in total. The standard InChI is InChI=1S/C7H7BN4O2/c13-8(14)6-3-11-12(4-6)7-1-2-9-5-10-7/h1-5,13-14H. The van der Waals surface area contributed by atoms with Gasteiger partial charge in [0, 0.05) is 30.1 Å². The quantitative estimate of drug-likeness (QED) is 0.553. The number of hydrogen-bond donors (Lipinski definition) is 2. The van der Waals surface area contributed by atoms with Crippen LogP contribution in [0.1, 0.15) is 0 Å². The van der Waals surface area contributed by atoms with Crippen LogP contribution < -0.4 is 5.46 Å². The smallest absolute Gasteiger partial charge is 0.423 e. The molecular weight excluding hydrogens is 183 g/mol. The molecule has 2 rings (SSSR count). The van der Waals surface area contributed by atoms with Gasteiger partial charge in [-0.2, -0.15) is 5.10 Å². The van der Waals surface area contributed by atoms with E-state index in [4.69, 9.17) is 10.0 Å². The van der Waals surface area contributed by atoms with Crippen LogP contribution >= 0.6 is 0 Å². The van der Waals surface area contributed by atoms with Crippen LogP contribution in [0.5, 0.6) is 0 Å². The van der Waals surface area contributed by atoms with Crippen molar-refractivity contribution in [1.82, 2.24) is 19.7 Å². The summed E-state index contributed by atoms with van der Waals surface area (Å²) in [5, 5.41) is 21.6. The van der Waals surface area contributed by atoms with Gasteiger partial charge < -0.3 is 10.0 Å². The summed E-state index contributed by atoms with van der Waals surface area (Å²) in [6, 6.07) is 1.67. The summed E-state index contributed by atoms with van der Waals surface area (Å²) in [4.78, 5) is 7.71. The fourth-order valence-corrected chi connectivity index (χ4v) is 1.01. The van der Waals surface area contributed by atoms with Gasteiger partial charge in [0.2, 0.25) is 0 Å². The average molecular weight is 190 g/mol. The van der Waals surface area contributed by atoms with Crippen molar-refractivity contribution >= 4 is 12.6 Å². The molecule has 0 amide bonds. The molecule has 0 aromatic carbocycles. The Kier molecular flexibility index (Phi) is 2.25. The minimum atomic E-state index is -1.51. The van der Waals surface area contributed by atoms with Crippen LogP contribution in [0.4, 0.5) is 0 Å². The molecule has 70 valence electrons. The van der Waals surface area contributed by atoms with Gasteiger partial charge in [-0.25, -0.2) is 14.6 Å². The summed E-state index contributed by atoms with van der Waals surface area (Å²) in [6.07, 6.45) is 5.84. The molecule has 0 spiro atoms. The number of hydrogen-bond acceptors (Lipinski definition) is 5. The summed E-state index contributed by atoms with van der Waals surface area (Å²) in [6.45, 7) is 0. The van der Waals surface area contributed by atoms with Crippen LogP contribution in [0.25, 0.3) is 5.82 Å². The second kappa shape index (κ2) is 3.56. The maximum atomic E-state index is 8.85. The highest BCUT2D eigenvalue weighted by Crippen LogP contribution is 1.97. The molecule has 2 aromatic heterocycles. The Morgan fingerprint density at radius 2 is 2.21 bits per heavy atom. The van der Waals surface area contributed by atoms with Gasteiger partial charge in [0.15, 0.2) is 5.82 Å². The highest BCUT2D eigenvalue weighted by molar-refractivity contribution is 6.58. The third-order valence-corrected chi connectivity index (χ3v) is 1.70. The van der Waals surface area contributed by atoms with Gasteiger partial charge in [-0.15, -0.1) is 0 Å². The van der Waals surface area contributed by atoms with Crippen LogP contribution in [0.15, 0.2) is 31.0 Å². The molecule has 0 atom stereocenters. The monoisotopic (exact) mass is 190 g/mol. The molecule has 6 nitrogen and oxygen atoms in total. The van der Waals surface area contributed by atoms with Gasteiger partial charge in [0.05, 0.1) is 0 Å². The summed E-state index contributed by atoms with van der Waals surface area (Å²) in [7, 11) is -1.51. The predicted molar refractivity (Wildman–Crippen MR) is 49.0 cm³/mol. The van der Waals surface area contributed by atoms with Crippen LogP contribution in [0.2, 0.25) is 0 Å². The van der Waals surface area contributed by atoms with E-state index in [1.54, 1.807) is 12.3 Å². The van der Waals surface area contributed by atoms with Crippen molar-refractivity contribution in [2.24, 2.45) is 0 Å². The zero-order valence-electron chi connectivity index (χ0n) is 7.15. The molecule has 2 aromatic rings. The Labute approximate surface area is 80.0 Å². The molecule has 0 saturated carbocycles. The summed E-state index contributed by atoms with van der Waals surface area (Å²) < 4.78 is 1.44. The van der Waals surface area contributed by atoms with Crippen molar-refractivity contribution in [3.8, 4) is 5.82 Å². The molecule has 0 saturated heterocycles. The first-order valence-corrected chi connectivity index (χ1v) is 3.94. The molecule has 7 heteroatoms. The lowest BCUT2D eigenvalue weighted by Gasteiger charge is -1.96. The Balaban J connectivity index is 2.34. The second-order valence-corrected chi connectivity index (χ2v) is 2.66. The van der Waals surface area contributed by atoms with E-state index in [9.17, 15) is 0 Å². The lowest BCUT2D eigenvalue weighted by Crippen LogP contribution is -2.28. The van der Waals surface area contributed by atoms with Crippen LogP contribution in [0, 0.1) is 0 Å². The molecule has 0 fully saturated rings. The SMILES string of the molecule is OB(O)c1cnn(-c2ccncn2)c1. The van der Waals surface area contributed by atoms with E-state index in [-0.39, 0.29) is 0 Å². The van der Waals surface area contributed by atoms with Crippen molar-refractivity contribution in [3.63, 3.8) is 0 Å². The fraction of sp³-hybridized carbons (Fsp3) is 0. The lowest BCUT2D eigenvalue weighted by molar-refractivity contribution is 0.426. The maximum Gasteiger partial charge on any atom is 0.491 e. The van der Waals surface area contributed by atoms with E-state index in [1.165, 1.54) is 23.4 Å². The molecule has 2 heterocycles. The number of nitrogens with zero attached hydrogens (tertiary/aromatic N) is 4. The lowest BCUT2D eigenvalue weighted by atomic mass is 9.83. The molecule has 0 aliphatic heterocycles. The van der Waals surface area contributed by atoms with Gasteiger partial charge in [-0.3, -0.25) is 0 Å². The highest BCUT2D eigenvalue weighted by Gasteiger charge is 2.13. The minimum Gasteiger partial charge on any atom is -0.423 e. The minimum absolute atomic E-state index is 0.323. The average Bonchev–Trinajstić information content (AvgIpc) is 2.68. The first kappa shape index (κ1) is 8.85. The third-order valence-electron chi connectivity index (χ3n) is 1.70. The van der Waals surface area contributed by atoms with E-state index in [1.807, 2.05) is 0 Å². The largest absolute Gasteiger partial charge is 0.491 e. The summed E-state index contributed by atoms with van der Waals surface area (Å²) in [5.74, 6) is 0.576. The van der Waals surface area contributed by atoms with Gasteiger partial charge in [0.1, 0.15) is 6.33 Å². The highest BCUT2D eigenvalue weighted by atomic mass is 16.4.